The molecule has 1 aliphatic rings. The number of amides is 1. The van der Waals surface area contributed by atoms with E-state index in [2.05, 4.69) is 4.90 Å². The van der Waals surface area contributed by atoms with Gasteiger partial charge in [-0.1, -0.05) is 6.07 Å². The number of hydrogen-bond acceptors (Lipinski definition) is 6. The van der Waals surface area contributed by atoms with Gasteiger partial charge in [-0.3, -0.25) is 9.69 Å². The molecule has 32 heavy (non-hydrogen) atoms. The van der Waals surface area contributed by atoms with E-state index in [1.54, 1.807) is 56.6 Å². The van der Waals surface area contributed by atoms with E-state index < -0.39 is 0 Å². The number of methoxy groups -OCH3 is 4. The molecule has 1 heterocycles. The molecule has 1 aliphatic heterocycles. The lowest BCUT2D eigenvalue weighted by Gasteiger charge is -2.34. The van der Waals surface area contributed by atoms with Gasteiger partial charge in [0.25, 0.3) is 0 Å². The average molecular weight is 445 g/mol. The van der Waals surface area contributed by atoms with Crippen LogP contribution in [0.25, 0.3) is 6.08 Å². The zero-order chi connectivity index (χ0) is 23.1. The predicted octanol–water partition coefficient (Wildman–Crippen LogP) is 3.22. The molecule has 0 spiro atoms. The maximum absolute atomic E-state index is 13.9. The van der Waals surface area contributed by atoms with E-state index in [0.717, 1.165) is 24.2 Å². The molecule has 0 N–H and O–H groups in total. The number of piperazine rings is 1. The Hall–Kier alpha value is -3.26. The molecule has 0 radical (unpaired) electrons. The minimum Gasteiger partial charge on any atom is -0.494 e. The quantitative estimate of drug-likeness (QED) is 0.583. The third kappa shape index (κ3) is 5.50. The highest BCUT2D eigenvalue weighted by Gasteiger charge is 2.20. The zero-order valence-corrected chi connectivity index (χ0v) is 18.9. The fourth-order valence-electron chi connectivity index (χ4n) is 3.66. The van der Waals surface area contributed by atoms with Crippen molar-refractivity contribution in [2.75, 3.05) is 54.6 Å². The lowest BCUT2D eigenvalue weighted by Crippen LogP contribution is -2.47. The SMILES string of the molecule is COc1ccc(CN2CCN(C(=O)C=Cc3cc(OC)c(OC)c(OC)c3)CC2)cc1F. The van der Waals surface area contributed by atoms with Crippen molar-refractivity contribution >= 4 is 12.0 Å². The van der Waals surface area contributed by atoms with Gasteiger partial charge in [0.1, 0.15) is 0 Å². The molecule has 0 atom stereocenters. The van der Waals surface area contributed by atoms with Crippen molar-refractivity contribution < 1.29 is 28.1 Å². The summed E-state index contributed by atoms with van der Waals surface area (Å²) in [5.74, 6) is 1.38. The second kappa shape index (κ2) is 10.9. The number of carbonyl (C=O) groups is 1. The second-order valence-electron chi connectivity index (χ2n) is 7.36. The van der Waals surface area contributed by atoms with Crippen LogP contribution in [0.2, 0.25) is 0 Å². The second-order valence-corrected chi connectivity index (χ2v) is 7.36. The average Bonchev–Trinajstić information content (AvgIpc) is 2.82. The van der Waals surface area contributed by atoms with Gasteiger partial charge in [-0.05, 0) is 41.5 Å². The number of nitrogens with zero attached hydrogens (tertiary/aromatic N) is 2. The van der Waals surface area contributed by atoms with Gasteiger partial charge in [-0.2, -0.15) is 0 Å². The Kier molecular flexibility index (Phi) is 7.94. The van der Waals surface area contributed by atoms with Gasteiger partial charge in [0, 0.05) is 38.8 Å². The molecule has 0 aliphatic carbocycles. The van der Waals surface area contributed by atoms with Crippen molar-refractivity contribution in [3.63, 3.8) is 0 Å². The topological polar surface area (TPSA) is 60.5 Å². The summed E-state index contributed by atoms with van der Waals surface area (Å²) in [6.45, 7) is 3.28. The summed E-state index contributed by atoms with van der Waals surface area (Å²) < 4.78 is 34.9. The standard InChI is InChI=1S/C24H29FN2O5/c1-29-20-7-5-18(13-19(20)25)16-26-9-11-27(12-10-26)23(28)8-6-17-14-21(30-2)24(32-4)22(15-17)31-3/h5-8,13-15H,9-12,16H2,1-4H3. The summed E-state index contributed by atoms with van der Waals surface area (Å²) in [6, 6.07) is 8.57. The van der Waals surface area contributed by atoms with E-state index in [1.807, 2.05) is 6.07 Å². The minimum absolute atomic E-state index is 0.0612. The molecule has 2 aromatic rings. The number of carbonyl (C=O) groups excluding carboxylic acids is 1. The Balaban J connectivity index is 1.57. The Morgan fingerprint density at radius 2 is 1.53 bits per heavy atom. The number of ether oxygens (including phenoxy) is 4. The molecule has 2 aromatic carbocycles. The summed E-state index contributed by atoms with van der Waals surface area (Å²) in [5, 5.41) is 0. The van der Waals surface area contributed by atoms with E-state index in [1.165, 1.54) is 13.2 Å². The third-order valence-corrected chi connectivity index (χ3v) is 5.41. The van der Waals surface area contributed by atoms with Gasteiger partial charge in [-0.25, -0.2) is 4.39 Å². The van der Waals surface area contributed by atoms with Crippen LogP contribution < -0.4 is 18.9 Å². The minimum atomic E-state index is -0.365. The Morgan fingerprint density at radius 1 is 0.906 bits per heavy atom. The molecule has 0 aromatic heterocycles. The molecular formula is C24H29FN2O5. The fourth-order valence-corrected chi connectivity index (χ4v) is 3.66. The summed E-state index contributed by atoms with van der Waals surface area (Å²) >= 11 is 0. The van der Waals surface area contributed by atoms with E-state index in [0.29, 0.717) is 36.9 Å². The maximum Gasteiger partial charge on any atom is 0.246 e. The summed E-state index contributed by atoms with van der Waals surface area (Å²) in [7, 11) is 6.10. The fraction of sp³-hybridized carbons (Fsp3) is 0.375. The highest BCUT2D eigenvalue weighted by molar-refractivity contribution is 5.92. The van der Waals surface area contributed by atoms with E-state index in [-0.39, 0.29) is 17.5 Å². The number of rotatable bonds is 8. The van der Waals surface area contributed by atoms with Gasteiger partial charge in [0.2, 0.25) is 11.7 Å². The first kappa shape index (κ1) is 23.4. The van der Waals surface area contributed by atoms with Crippen LogP contribution in [0.3, 0.4) is 0 Å². The molecule has 1 amide bonds. The lowest BCUT2D eigenvalue weighted by molar-refractivity contribution is -0.127. The number of hydrogen-bond donors (Lipinski definition) is 0. The molecular weight excluding hydrogens is 415 g/mol. The summed E-state index contributed by atoms with van der Waals surface area (Å²) in [5.41, 5.74) is 1.65. The van der Waals surface area contributed by atoms with Crippen LogP contribution in [-0.4, -0.2) is 70.3 Å². The molecule has 1 fully saturated rings. The van der Waals surface area contributed by atoms with Crippen LogP contribution in [0, 0.1) is 5.82 Å². The van der Waals surface area contributed by atoms with Crippen LogP contribution in [0.5, 0.6) is 23.0 Å². The van der Waals surface area contributed by atoms with Crippen LogP contribution in [0.4, 0.5) is 4.39 Å². The first-order chi connectivity index (χ1) is 15.5. The number of benzene rings is 2. The van der Waals surface area contributed by atoms with E-state index >= 15 is 0 Å². The zero-order valence-electron chi connectivity index (χ0n) is 18.9. The van der Waals surface area contributed by atoms with Gasteiger partial charge in [0.05, 0.1) is 28.4 Å². The predicted molar refractivity (Wildman–Crippen MR) is 120 cm³/mol. The molecule has 8 heteroatoms. The highest BCUT2D eigenvalue weighted by Crippen LogP contribution is 2.38. The van der Waals surface area contributed by atoms with E-state index in [4.69, 9.17) is 18.9 Å². The van der Waals surface area contributed by atoms with Crippen LogP contribution >= 0.6 is 0 Å². The first-order valence-electron chi connectivity index (χ1n) is 10.3. The van der Waals surface area contributed by atoms with Crippen LogP contribution in [0.15, 0.2) is 36.4 Å². The Morgan fingerprint density at radius 3 is 2.06 bits per heavy atom. The number of halogens is 1. The van der Waals surface area contributed by atoms with Crippen LogP contribution in [0.1, 0.15) is 11.1 Å². The lowest BCUT2D eigenvalue weighted by atomic mass is 10.1. The van der Waals surface area contributed by atoms with Crippen molar-refractivity contribution in [1.29, 1.82) is 0 Å². The molecule has 0 bridgehead atoms. The normalized spacial score (nSPS) is 14.5. The highest BCUT2D eigenvalue weighted by atomic mass is 19.1. The molecule has 0 unspecified atom stereocenters. The van der Waals surface area contributed by atoms with Crippen LogP contribution in [-0.2, 0) is 11.3 Å². The van der Waals surface area contributed by atoms with Crippen molar-refractivity contribution in [1.82, 2.24) is 9.80 Å². The van der Waals surface area contributed by atoms with Gasteiger partial charge < -0.3 is 23.8 Å². The van der Waals surface area contributed by atoms with Gasteiger partial charge in [0.15, 0.2) is 23.1 Å². The summed E-state index contributed by atoms with van der Waals surface area (Å²) in [6.07, 6.45) is 3.29. The van der Waals surface area contributed by atoms with Crippen molar-refractivity contribution in [2.45, 2.75) is 6.54 Å². The maximum atomic E-state index is 13.9. The van der Waals surface area contributed by atoms with Gasteiger partial charge in [-0.15, -0.1) is 0 Å². The van der Waals surface area contributed by atoms with Crippen molar-refractivity contribution in [3.05, 3.63) is 53.4 Å². The third-order valence-electron chi connectivity index (χ3n) is 5.41. The Bertz CT molecular complexity index is 946. The first-order valence-corrected chi connectivity index (χ1v) is 10.3. The molecule has 7 nitrogen and oxygen atoms in total. The van der Waals surface area contributed by atoms with Crippen molar-refractivity contribution in [3.8, 4) is 23.0 Å². The van der Waals surface area contributed by atoms with Crippen molar-refractivity contribution in [2.24, 2.45) is 0 Å². The Labute approximate surface area is 187 Å². The summed E-state index contributed by atoms with van der Waals surface area (Å²) in [4.78, 5) is 16.7. The van der Waals surface area contributed by atoms with E-state index in [9.17, 15) is 9.18 Å². The smallest absolute Gasteiger partial charge is 0.246 e. The monoisotopic (exact) mass is 444 g/mol. The largest absolute Gasteiger partial charge is 0.494 e. The molecule has 0 saturated carbocycles. The van der Waals surface area contributed by atoms with Gasteiger partial charge >= 0.3 is 0 Å². The molecule has 1 saturated heterocycles. The molecule has 3 rings (SSSR count). The molecule has 172 valence electrons.